The van der Waals surface area contributed by atoms with E-state index in [-0.39, 0.29) is 5.91 Å². The number of ether oxygens (including phenoxy) is 2. The highest BCUT2D eigenvalue weighted by Crippen LogP contribution is 2.21. The Morgan fingerprint density at radius 1 is 0.613 bits per heavy atom. The van der Waals surface area contributed by atoms with Crippen LogP contribution >= 0.6 is 0 Å². The van der Waals surface area contributed by atoms with Crippen LogP contribution in [0.4, 0.5) is 5.69 Å². The van der Waals surface area contributed by atoms with Gasteiger partial charge >= 0.3 is 0 Å². The molecule has 0 unspecified atom stereocenters. The Morgan fingerprint density at radius 2 is 1.16 bits per heavy atom. The summed E-state index contributed by atoms with van der Waals surface area (Å²) in [6, 6.07) is 34.4. The number of nitrogens with one attached hydrogen (secondary N) is 1. The monoisotopic (exact) mass is 409 g/mol. The first kappa shape index (κ1) is 20.2. The van der Waals surface area contributed by atoms with Crippen molar-refractivity contribution < 1.29 is 14.3 Å². The van der Waals surface area contributed by atoms with Gasteiger partial charge in [-0.3, -0.25) is 4.79 Å². The van der Waals surface area contributed by atoms with Crippen LogP contribution in [-0.4, -0.2) is 5.91 Å². The zero-order valence-electron chi connectivity index (χ0n) is 17.0. The predicted octanol–water partition coefficient (Wildman–Crippen LogP) is 6.10. The molecule has 4 aromatic rings. The van der Waals surface area contributed by atoms with E-state index in [1.165, 1.54) is 0 Å². The Labute approximate surface area is 182 Å². The maximum atomic E-state index is 12.7. The number of benzene rings is 4. The zero-order chi connectivity index (χ0) is 21.3. The van der Waals surface area contributed by atoms with Gasteiger partial charge in [0.15, 0.2) is 0 Å². The zero-order valence-corrected chi connectivity index (χ0v) is 17.0. The third-order valence-electron chi connectivity index (χ3n) is 4.68. The third kappa shape index (κ3) is 5.97. The minimum absolute atomic E-state index is 0.203. The molecule has 0 saturated heterocycles. The van der Waals surface area contributed by atoms with Gasteiger partial charge in [-0.1, -0.05) is 72.8 Å². The number of hydrogen-bond donors (Lipinski definition) is 1. The molecule has 0 fully saturated rings. The van der Waals surface area contributed by atoms with E-state index in [1.807, 2.05) is 97.1 Å². The van der Waals surface area contributed by atoms with Crippen molar-refractivity contribution in [3.63, 3.8) is 0 Å². The summed E-state index contributed by atoms with van der Waals surface area (Å²) in [5.74, 6) is 1.14. The standard InChI is InChI=1S/C27H23NO3/c29-27(23-13-7-15-25(17-23)30-19-21-9-3-1-4-10-21)28-24-14-8-16-26(18-24)31-20-22-11-5-2-6-12-22/h1-18H,19-20H2,(H,28,29). The third-order valence-corrected chi connectivity index (χ3v) is 4.68. The first-order valence-corrected chi connectivity index (χ1v) is 10.1. The largest absolute Gasteiger partial charge is 0.489 e. The van der Waals surface area contributed by atoms with Crippen molar-refractivity contribution in [3.8, 4) is 11.5 Å². The molecule has 0 spiro atoms. The van der Waals surface area contributed by atoms with Crippen molar-refractivity contribution in [1.29, 1.82) is 0 Å². The van der Waals surface area contributed by atoms with Crippen molar-refractivity contribution in [2.45, 2.75) is 13.2 Å². The Kier molecular flexibility index (Phi) is 6.61. The molecule has 0 aliphatic rings. The van der Waals surface area contributed by atoms with E-state index in [0.29, 0.717) is 36.0 Å². The van der Waals surface area contributed by atoms with Crippen molar-refractivity contribution in [3.05, 3.63) is 126 Å². The van der Waals surface area contributed by atoms with Gasteiger partial charge in [-0.05, 0) is 41.5 Å². The molecular weight excluding hydrogens is 386 g/mol. The highest BCUT2D eigenvalue weighted by Gasteiger charge is 2.08. The summed E-state index contributed by atoms with van der Waals surface area (Å²) in [6.07, 6.45) is 0. The van der Waals surface area contributed by atoms with Crippen LogP contribution in [0.25, 0.3) is 0 Å². The van der Waals surface area contributed by atoms with E-state index in [4.69, 9.17) is 9.47 Å². The normalized spacial score (nSPS) is 10.3. The van der Waals surface area contributed by atoms with Gasteiger partial charge in [-0.2, -0.15) is 0 Å². The van der Waals surface area contributed by atoms with Crippen LogP contribution in [-0.2, 0) is 13.2 Å². The minimum Gasteiger partial charge on any atom is -0.489 e. The first-order chi connectivity index (χ1) is 15.3. The molecule has 31 heavy (non-hydrogen) atoms. The average Bonchev–Trinajstić information content (AvgIpc) is 2.83. The maximum absolute atomic E-state index is 12.7. The smallest absolute Gasteiger partial charge is 0.255 e. The molecule has 0 saturated carbocycles. The van der Waals surface area contributed by atoms with E-state index in [1.54, 1.807) is 12.1 Å². The topological polar surface area (TPSA) is 47.6 Å². The lowest BCUT2D eigenvalue weighted by atomic mass is 10.2. The Balaban J connectivity index is 1.36. The van der Waals surface area contributed by atoms with Crippen molar-refractivity contribution in [1.82, 2.24) is 0 Å². The molecule has 4 heteroatoms. The number of anilines is 1. The summed E-state index contributed by atoms with van der Waals surface area (Å²) in [5.41, 5.74) is 3.36. The lowest BCUT2D eigenvalue weighted by Crippen LogP contribution is -2.12. The quantitative estimate of drug-likeness (QED) is 0.383. The second kappa shape index (κ2) is 10.1. The molecule has 4 aromatic carbocycles. The summed E-state index contributed by atoms with van der Waals surface area (Å²) in [4.78, 5) is 12.7. The molecule has 0 aromatic heterocycles. The van der Waals surface area contributed by atoms with Gasteiger partial charge in [0, 0.05) is 17.3 Å². The number of carbonyl (C=O) groups excluding carboxylic acids is 1. The van der Waals surface area contributed by atoms with Crippen LogP contribution in [0.5, 0.6) is 11.5 Å². The van der Waals surface area contributed by atoms with Gasteiger partial charge < -0.3 is 14.8 Å². The second-order valence-electron chi connectivity index (χ2n) is 7.06. The number of carbonyl (C=O) groups is 1. The number of rotatable bonds is 8. The maximum Gasteiger partial charge on any atom is 0.255 e. The van der Waals surface area contributed by atoms with Crippen LogP contribution in [0.1, 0.15) is 21.5 Å². The van der Waals surface area contributed by atoms with Crippen LogP contribution in [0.2, 0.25) is 0 Å². The molecule has 0 heterocycles. The molecule has 0 aliphatic heterocycles. The van der Waals surface area contributed by atoms with Gasteiger partial charge in [-0.15, -0.1) is 0 Å². The second-order valence-corrected chi connectivity index (χ2v) is 7.06. The van der Waals surface area contributed by atoms with Gasteiger partial charge in [0.05, 0.1) is 0 Å². The summed E-state index contributed by atoms with van der Waals surface area (Å²) >= 11 is 0. The Hall–Kier alpha value is -4.05. The molecule has 0 radical (unpaired) electrons. The Bertz CT molecular complexity index is 1130. The fourth-order valence-electron chi connectivity index (χ4n) is 3.08. The van der Waals surface area contributed by atoms with Crippen LogP contribution in [0.3, 0.4) is 0 Å². The molecule has 0 atom stereocenters. The summed E-state index contributed by atoms with van der Waals surface area (Å²) in [5, 5.41) is 2.92. The van der Waals surface area contributed by atoms with E-state index < -0.39 is 0 Å². The lowest BCUT2D eigenvalue weighted by molar-refractivity contribution is 0.102. The van der Waals surface area contributed by atoms with Crippen molar-refractivity contribution in [2.24, 2.45) is 0 Å². The summed E-state index contributed by atoms with van der Waals surface area (Å²) in [6.45, 7) is 0.922. The summed E-state index contributed by atoms with van der Waals surface area (Å²) in [7, 11) is 0. The molecule has 154 valence electrons. The van der Waals surface area contributed by atoms with Crippen LogP contribution in [0.15, 0.2) is 109 Å². The minimum atomic E-state index is -0.203. The van der Waals surface area contributed by atoms with Gasteiger partial charge in [0.1, 0.15) is 24.7 Å². The molecule has 4 rings (SSSR count). The fraction of sp³-hybridized carbons (Fsp3) is 0.0741. The first-order valence-electron chi connectivity index (χ1n) is 10.1. The van der Waals surface area contributed by atoms with Gasteiger partial charge in [0.2, 0.25) is 0 Å². The SMILES string of the molecule is O=C(Nc1cccc(OCc2ccccc2)c1)c1cccc(OCc2ccccc2)c1. The number of amides is 1. The van der Waals surface area contributed by atoms with E-state index in [9.17, 15) is 4.79 Å². The molecule has 0 bridgehead atoms. The van der Waals surface area contributed by atoms with Crippen LogP contribution in [0, 0.1) is 0 Å². The highest BCUT2D eigenvalue weighted by molar-refractivity contribution is 6.04. The van der Waals surface area contributed by atoms with Crippen molar-refractivity contribution in [2.75, 3.05) is 5.32 Å². The van der Waals surface area contributed by atoms with Crippen LogP contribution < -0.4 is 14.8 Å². The molecular formula is C27H23NO3. The van der Waals surface area contributed by atoms with E-state index in [0.717, 1.165) is 11.1 Å². The molecule has 1 N–H and O–H groups in total. The summed E-state index contributed by atoms with van der Waals surface area (Å²) < 4.78 is 11.7. The lowest BCUT2D eigenvalue weighted by Gasteiger charge is -2.11. The van der Waals surface area contributed by atoms with Crippen molar-refractivity contribution >= 4 is 11.6 Å². The van der Waals surface area contributed by atoms with Gasteiger partial charge in [0.25, 0.3) is 5.91 Å². The molecule has 0 aliphatic carbocycles. The fourth-order valence-corrected chi connectivity index (χ4v) is 3.08. The average molecular weight is 409 g/mol. The van der Waals surface area contributed by atoms with E-state index in [2.05, 4.69) is 5.32 Å². The highest BCUT2D eigenvalue weighted by atomic mass is 16.5. The predicted molar refractivity (Wildman–Crippen MR) is 122 cm³/mol. The number of hydrogen-bond acceptors (Lipinski definition) is 3. The molecule has 4 nitrogen and oxygen atoms in total. The van der Waals surface area contributed by atoms with E-state index >= 15 is 0 Å². The Morgan fingerprint density at radius 3 is 1.77 bits per heavy atom. The molecule has 1 amide bonds. The van der Waals surface area contributed by atoms with Gasteiger partial charge in [-0.25, -0.2) is 0 Å².